The lowest BCUT2D eigenvalue weighted by atomic mass is 10.0. The van der Waals surface area contributed by atoms with E-state index in [0.29, 0.717) is 11.1 Å². The van der Waals surface area contributed by atoms with Gasteiger partial charge in [0.1, 0.15) is 5.82 Å². The topological polar surface area (TPSA) is 74.6 Å². The van der Waals surface area contributed by atoms with Gasteiger partial charge in [0.05, 0.1) is 11.1 Å². The molecule has 0 unspecified atom stereocenters. The summed E-state index contributed by atoms with van der Waals surface area (Å²) < 4.78 is 13.3. The minimum atomic E-state index is -1.22. The lowest BCUT2D eigenvalue weighted by Gasteiger charge is -2.04. The molecule has 0 radical (unpaired) electrons. The molecule has 0 saturated carbocycles. The molecular weight excluding hydrogens is 251 g/mol. The Labute approximate surface area is 107 Å². The second-order valence-electron chi connectivity index (χ2n) is 3.92. The first-order valence-electron chi connectivity index (χ1n) is 5.35. The number of halogens is 1. The first kappa shape index (κ1) is 12.8. The quantitative estimate of drug-likeness (QED) is 0.889. The summed E-state index contributed by atoms with van der Waals surface area (Å²) >= 11 is 0. The number of hydrogen-bond donors (Lipinski definition) is 2. The van der Waals surface area contributed by atoms with E-state index in [1.54, 1.807) is 0 Å². The summed E-state index contributed by atoms with van der Waals surface area (Å²) in [6.45, 7) is 0. The molecule has 0 saturated heterocycles. The maximum absolute atomic E-state index is 13.3. The summed E-state index contributed by atoms with van der Waals surface area (Å²) in [5, 5.41) is 17.6. The van der Waals surface area contributed by atoms with Gasteiger partial charge in [0.2, 0.25) is 0 Å². The molecule has 5 heteroatoms. The van der Waals surface area contributed by atoms with Gasteiger partial charge in [-0.05, 0) is 41.5 Å². The number of carboxylic acid groups (broad SMARTS) is 2. The number of benzene rings is 2. The zero-order valence-corrected chi connectivity index (χ0v) is 9.63. The van der Waals surface area contributed by atoms with Crippen molar-refractivity contribution in [2.75, 3.05) is 0 Å². The minimum absolute atomic E-state index is 0.110. The van der Waals surface area contributed by atoms with Crippen molar-refractivity contribution in [1.29, 1.82) is 0 Å². The molecule has 2 N–H and O–H groups in total. The van der Waals surface area contributed by atoms with Crippen molar-refractivity contribution < 1.29 is 24.2 Å². The molecule has 0 bridgehead atoms. The Morgan fingerprint density at radius 1 is 0.789 bits per heavy atom. The van der Waals surface area contributed by atoms with E-state index in [4.69, 9.17) is 10.2 Å². The molecule has 2 aromatic carbocycles. The van der Waals surface area contributed by atoms with E-state index in [9.17, 15) is 14.0 Å². The monoisotopic (exact) mass is 260 g/mol. The molecule has 0 spiro atoms. The SMILES string of the molecule is O=C(O)c1ccc(-c2cc(F)cc(C(=O)O)c2)cc1. The van der Waals surface area contributed by atoms with Crippen molar-refractivity contribution in [3.8, 4) is 11.1 Å². The first-order valence-corrected chi connectivity index (χ1v) is 5.35. The second-order valence-corrected chi connectivity index (χ2v) is 3.92. The van der Waals surface area contributed by atoms with Crippen molar-refractivity contribution in [2.45, 2.75) is 0 Å². The van der Waals surface area contributed by atoms with Gasteiger partial charge >= 0.3 is 11.9 Å². The largest absolute Gasteiger partial charge is 0.478 e. The molecule has 0 aliphatic rings. The predicted octanol–water partition coefficient (Wildman–Crippen LogP) is 2.89. The summed E-state index contributed by atoms with van der Waals surface area (Å²) in [6, 6.07) is 9.22. The number of aromatic carboxylic acids is 2. The fraction of sp³-hybridized carbons (Fsp3) is 0. The molecule has 96 valence electrons. The lowest BCUT2D eigenvalue weighted by Crippen LogP contribution is -1.98. The van der Waals surface area contributed by atoms with Crippen LogP contribution < -0.4 is 0 Å². The highest BCUT2D eigenvalue weighted by Gasteiger charge is 2.09. The van der Waals surface area contributed by atoms with Gasteiger partial charge in [0.25, 0.3) is 0 Å². The van der Waals surface area contributed by atoms with Crippen molar-refractivity contribution in [3.05, 3.63) is 59.4 Å². The second kappa shape index (κ2) is 4.89. The van der Waals surface area contributed by atoms with Gasteiger partial charge in [-0.25, -0.2) is 14.0 Å². The molecule has 19 heavy (non-hydrogen) atoms. The van der Waals surface area contributed by atoms with E-state index in [1.165, 1.54) is 36.4 Å². The standard InChI is InChI=1S/C14H9FO4/c15-12-6-10(5-11(7-12)14(18)19)8-1-3-9(4-2-8)13(16)17/h1-7H,(H,16,17)(H,18,19). The van der Waals surface area contributed by atoms with Crippen LogP contribution in [-0.4, -0.2) is 22.2 Å². The number of carboxylic acids is 2. The predicted molar refractivity (Wildman–Crippen MR) is 65.8 cm³/mol. The van der Waals surface area contributed by atoms with Crippen LogP contribution in [-0.2, 0) is 0 Å². The smallest absolute Gasteiger partial charge is 0.335 e. The van der Waals surface area contributed by atoms with Crippen LogP contribution in [0, 0.1) is 5.82 Å². The molecule has 2 rings (SSSR count). The Balaban J connectivity index is 2.46. The molecule has 0 amide bonds. The van der Waals surface area contributed by atoms with E-state index >= 15 is 0 Å². The van der Waals surface area contributed by atoms with Crippen LogP contribution in [0.15, 0.2) is 42.5 Å². The maximum atomic E-state index is 13.3. The van der Waals surface area contributed by atoms with Gasteiger partial charge in [-0.15, -0.1) is 0 Å². The van der Waals surface area contributed by atoms with E-state index in [0.717, 1.165) is 6.07 Å². The van der Waals surface area contributed by atoms with Gasteiger partial charge < -0.3 is 10.2 Å². The van der Waals surface area contributed by atoms with Crippen LogP contribution in [0.4, 0.5) is 4.39 Å². The summed E-state index contributed by atoms with van der Waals surface area (Å²) in [5.41, 5.74) is 0.886. The summed E-state index contributed by atoms with van der Waals surface area (Å²) in [7, 11) is 0. The molecule has 0 fully saturated rings. The van der Waals surface area contributed by atoms with Crippen LogP contribution in [0.1, 0.15) is 20.7 Å². The van der Waals surface area contributed by atoms with Gasteiger partial charge in [0, 0.05) is 0 Å². The average molecular weight is 260 g/mol. The lowest BCUT2D eigenvalue weighted by molar-refractivity contribution is 0.0686. The number of rotatable bonds is 3. The van der Waals surface area contributed by atoms with Crippen LogP contribution in [0.3, 0.4) is 0 Å². The normalized spacial score (nSPS) is 10.2. The van der Waals surface area contributed by atoms with Crippen molar-refractivity contribution in [3.63, 3.8) is 0 Å². The zero-order chi connectivity index (χ0) is 14.0. The summed E-state index contributed by atoms with van der Waals surface area (Å²) in [5.74, 6) is -2.93. The highest BCUT2D eigenvalue weighted by atomic mass is 19.1. The third-order valence-electron chi connectivity index (χ3n) is 2.61. The van der Waals surface area contributed by atoms with Crippen LogP contribution in [0.5, 0.6) is 0 Å². The van der Waals surface area contributed by atoms with Crippen molar-refractivity contribution >= 4 is 11.9 Å². The van der Waals surface area contributed by atoms with Crippen LogP contribution in [0.25, 0.3) is 11.1 Å². The average Bonchev–Trinajstić information content (AvgIpc) is 2.38. The van der Waals surface area contributed by atoms with E-state index in [1.807, 2.05) is 0 Å². The molecule has 4 nitrogen and oxygen atoms in total. The molecule has 0 aliphatic carbocycles. The Morgan fingerprint density at radius 2 is 1.37 bits per heavy atom. The van der Waals surface area contributed by atoms with Crippen molar-refractivity contribution in [2.24, 2.45) is 0 Å². The Hall–Kier alpha value is -2.69. The third-order valence-corrected chi connectivity index (χ3v) is 2.61. The fourth-order valence-electron chi connectivity index (χ4n) is 1.69. The Morgan fingerprint density at radius 3 is 1.89 bits per heavy atom. The van der Waals surface area contributed by atoms with Crippen LogP contribution in [0.2, 0.25) is 0 Å². The number of hydrogen-bond acceptors (Lipinski definition) is 2. The molecule has 0 aromatic heterocycles. The van der Waals surface area contributed by atoms with E-state index in [2.05, 4.69) is 0 Å². The molecular formula is C14H9FO4. The molecule has 0 heterocycles. The number of carbonyl (C=O) groups is 2. The Kier molecular flexibility index (Phi) is 3.29. The van der Waals surface area contributed by atoms with Gasteiger partial charge in [-0.1, -0.05) is 12.1 Å². The first-order chi connectivity index (χ1) is 8.97. The van der Waals surface area contributed by atoms with Gasteiger partial charge in [0.15, 0.2) is 0 Å². The summed E-state index contributed by atoms with van der Waals surface area (Å²) in [4.78, 5) is 21.5. The molecule has 2 aromatic rings. The minimum Gasteiger partial charge on any atom is -0.478 e. The maximum Gasteiger partial charge on any atom is 0.335 e. The summed E-state index contributed by atoms with van der Waals surface area (Å²) in [6.07, 6.45) is 0. The highest BCUT2D eigenvalue weighted by Crippen LogP contribution is 2.22. The molecule has 0 aliphatic heterocycles. The fourth-order valence-corrected chi connectivity index (χ4v) is 1.69. The highest BCUT2D eigenvalue weighted by molar-refractivity contribution is 5.90. The van der Waals surface area contributed by atoms with Crippen molar-refractivity contribution in [1.82, 2.24) is 0 Å². The van der Waals surface area contributed by atoms with E-state index < -0.39 is 17.8 Å². The Bertz CT molecular complexity index is 647. The zero-order valence-electron chi connectivity index (χ0n) is 9.63. The van der Waals surface area contributed by atoms with E-state index in [-0.39, 0.29) is 11.1 Å². The third kappa shape index (κ3) is 2.77. The van der Waals surface area contributed by atoms with Crippen LogP contribution >= 0.6 is 0 Å². The van der Waals surface area contributed by atoms with Gasteiger partial charge in [-0.3, -0.25) is 0 Å². The molecule has 0 atom stereocenters. The van der Waals surface area contributed by atoms with Gasteiger partial charge in [-0.2, -0.15) is 0 Å².